The highest BCUT2D eigenvalue weighted by Crippen LogP contribution is 2.42. The molecule has 0 bridgehead atoms. The number of hydrogen-bond donors (Lipinski definition) is 1. The molecule has 0 amide bonds. The third-order valence-electron chi connectivity index (χ3n) is 4.52. The fourth-order valence-electron chi connectivity index (χ4n) is 3.14. The maximum absolute atomic E-state index is 14.3. The van der Waals surface area contributed by atoms with E-state index in [9.17, 15) is 8.60 Å². The third kappa shape index (κ3) is 2.19. The van der Waals surface area contributed by atoms with Crippen LogP contribution >= 0.6 is 15.9 Å². The van der Waals surface area contributed by atoms with E-state index in [-0.39, 0.29) is 17.3 Å². The summed E-state index contributed by atoms with van der Waals surface area (Å²) < 4.78 is 31.8. The minimum atomic E-state index is -2.62. The molecule has 0 saturated heterocycles. The lowest BCUT2D eigenvalue weighted by molar-refractivity contribution is 0.462. The Balaban J connectivity index is 2.22. The first-order valence-corrected chi connectivity index (χ1v) is 9.56. The smallest absolute Gasteiger partial charge is 0.147 e. The molecule has 3 heterocycles. The van der Waals surface area contributed by atoms with Gasteiger partial charge in [0.2, 0.25) is 0 Å². The molecule has 0 radical (unpaired) electrons. The van der Waals surface area contributed by atoms with Gasteiger partial charge in [-0.1, -0.05) is 0 Å². The van der Waals surface area contributed by atoms with Crippen molar-refractivity contribution in [2.75, 3.05) is 12.3 Å². The molecule has 1 aromatic rings. The van der Waals surface area contributed by atoms with Crippen LogP contribution in [0.3, 0.4) is 0 Å². The molecule has 0 aromatic carbocycles. The van der Waals surface area contributed by atoms with E-state index in [0.29, 0.717) is 17.6 Å². The summed E-state index contributed by atoms with van der Waals surface area (Å²) in [5, 5.41) is 0. The fraction of sp³-hybridized carbons (Fsp3) is 0.571. The molecule has 120 valence electrons. The van der Waals surface area contributed by atoms with Gasteiger partial charge in [0.1, 0.15) is 32.2 Å². The Hall–Kier alpha value is -1.02. The van der Waals surface area contributed by atoms with E-state index in [1.54, 1.807) is 6.92 Å². The molecule has 2 aliphatic rings. The first-order valence-electron chi connectivity index (χ1n) is 7.09. The van der Waals surface area contributed by atoms with Gasteiger partial charge in [-0.05, 0) is 54.8 Å². The van der Waals surface area contributed by atoms with Crippen molar-refractivity contribution in [2.45, 2.75) is 37.0 Å². The minimum absolute atomic E-state index is 0.136. The number of amidine groups is 1. The van der Waals surface area contributed by atoms with Crippen LogP contribution in [0.5, 0.6) is 0 Å². The van der Waals surface area contributed by atoms with E-state index in [2.05, 4.69) is 30.3 Å². The summed E-state index contributed by atoms with van der Waals surface area (Å²) in [4.78, 5) is 8.73. The molecule has 3 rings (SSSR count). The summed E-state index contributed by atoms with van der Waals surface area (Å²) in [7, 11) is -2.62. The summed E-state index contributed by atoms with van der Waals surface area (Å²) in [6.45, 7) is 4.11. The second kappa shape index (κ2) is 4.99. The first kappa shape index (κ1) is 15.9. The number of hydrogen-bond acceptors (Lipinski definition) is 5. The van der Waals surface area contributed by atoms with E-state index in [4.69, 9.17) is 5.73 Å². The Labute approximate surface area is 137 Å². The van der Waals surface area contributed by atoms with Crippen molar-refractivity contribution >= 4 is 31.5 Å². The van der Waals surface area contributed by atoms with Crippen molar-refractivity contribution in [2.24, 2.45) is 15.1 Å². The third-order valence-corrected chi connectivity index (χ3v) is 8.34. The molecule has 3 atom stereocenters. The zero-order valence-electron chi connectivity index (χ0n) is 12.5. The van der Waals surface area contributed by atoms with Crippen molar-refractivity contribution < 1.29 is 8.60 Å². The van der Waals surface area contributed by atoms with Crippen molar-refractivity contribution in [1.82, 2.24) is 4.98 Å². The Morgan fingerprint density at radius 1 is 1.41 bits per heavy atom. The second-order valence-corrected chi connectivity index (χ2v) is 9.75. The average molecular weight is 389 g/mol. The highest BCUT2D eigenvalue weighted by Gasteiger charge is 2.51. The van der Waals surface area contributed by atoms with Crippen LogP contribution in [0.25, 0.3) is 0 Å². The van der Waals surface area contributed by atoms with Gasteiger partial charge < -0.3 is 5.73 Å². The van der Waals surface area contributed by atoms with Crippen LogP contribution < -0.4 is 5.73 Å². The number of aromatic nitrogens is 1. The average Bonchev–Trinajstić information content (AvgIpc) is 2.43. The lowest BCUT2D eigenvalue weighted by Crippen LogP contribution is -2.57. The number of pyridine rings is 1. The van der Waals surface area contributed by atoms with E-state index in [1.807, 2.05) is 6.92 Å². The maximum atomic E-state index is 14.3. The van der Waals surface area contributed by atoms with Crippen LogP contribution in [0.1, 0.15) is 32.4 Å². The van der Waals surface area contributed by atoms with E-state index in [0.717, 1.165) is 6.42 Å². The minimum Gasteiger partial charge on any atom is -0.386 e. The SMILES string of the molecule is C[C@@]12CCCN=[S@@]1(=O)C[C@@](C)(c1nc(Br)ccc1F)N=C2N. The van der Waals surface area contributed by atoms with Gasteiger partial charge in [-0.25, -0.2) is 17.9 Å². The molecular formula is C14H18BrFN4OS. The van der Waals surface area contributed by atoms with Gasteiger partial charge in [-0.2, -0.15) is 0 Å². The Bertz CT molecular complexity index is 789. The summed E-state index contributed by atoms with van der Waals surface area (Å²) in [6, 6.07) is 2.84. The van der Waals surface area contributed by atoms with Gasteiger partial charge in [0.25, 0.3) is 0 Å². The standard InChI is InChI=1S/C14H18BrFN4OS/c1-13(11-9(16)4-5-10(15)19-11)8-22(21)14(2,12(17)20-13)6-3-7-18-22/h4-5H,3,6-8H2,1-2H3,(H2,17,20)/t13-,14-,22+/m0/s1. The van der Waals surface area contributed by atoms with Gasteiger partial charge in [0.15, 0.2) is 0 Å². The quantitative estimate of drug-likeness (QED) is 0.750. The van der Waals surface area contributed by atoms with Gasteiger partial charge in [0.05, 0.1) is 15.5 Å². The molecule has 0 aliphatic carbocycles. The molecule has 8 heteroatoms. The van der Waals surface area contributed by atoms with Crippen LogP contribution in [0.15, 0.2) is 26.1 Å². The predicted octanol–water partition coefficient (Wildman–Crippen LogP) is 2.59. The van der Waals surface area contributed by atoms with Crippen LogP contribution in [0.2, 0.25) is 0 Å². The number of aliphatic imine (C=N–C) groups is 1. The van der Waals surface area contributed by atoms with Crippen LogP contribution in [-0.2, 0) is 15.3 Å². The van der Waals surface area contributed by atoms with E-state index < -0.39 is 25.8 Å². The topological polar surface area (TPSA) is 80.7 Å². The second-order valence-electron chi connectivity index (χ2n) is 6.21. The molecular weight excluding hydrogens is 371 g/mol. The van der Waals surface area contributed by atoms with Gasteiger partial charge in [-0.15, -0.1) is 0 Å². The number of halogens is 2. The summed E-state index contributed by atoms with van der Waals surface area (Å²) >= 11 is 3.24. The molecule has 2 aliphatic heterocycles. The molecule has 0 unspecified atom stereocenters. The van der Waals surface area contributed by atoms with Crippen molar-refractivity contribution in [3.05, 3.63) is 28.2 Å². The van der Waals surface area contributed by atoms with Crippen LogP contribution in [-0.4, -0.2) is 32.1 Å². The van der Waals surface area contributed by atoms with Gasteiger partial charge >= 0.3 is 0 Å². The summed E-state index contributed by atoms with van der Waals surface area (Å²) in [6.07, 6.45) is 1.53. The molecule has 5 nitrogen and oxygen atoms in total. The number of nitrogens with zero attached hydrogens (tertiary/aromatic N) is 3. The molecule has 0 spiro atoms. The Morgan fingerprint density at radius 2 is 2.14 bits per heavy atom. The number of rotatable bonds is 1. The lowest BCUT2D eigenvalue weighted by Gasteiger charge is -2.43. The lowest BCUT2D eigenvalue weighted by atomic mass is 9.96. The Morgan fingerprint density at radius 3 is 2.86 bits per heavy atom. The number of nitrogens with two attached hydrogens (primary N) is 1. The summed E-state index contributed by atoms with van der Waals surface area (Å²) in [5.41, 5.74) is 5.23. The van der Waals surface area contributed by atoms with Crippen molar-refractivity contribution in [1.29, 1.82) is 0 Å². The Kier molecular flexibility index (Phi) is 3.60. The van der Waals surface area contributed by atoms with Crippen molar-refractivity contribution in [3.63, 3.8) is 0 Å². The van der Waals surface area contributed by atoms with Crippen LogP contribution in [0.4, 0.5) is 4.39 Å². The van der Waals surface area contributed by atoms with Crippen LogP contribution in [0, 0.1) is 5.82 Å². The monoisotopic (exact) mass is 388 g/mol. The molecule has 2 N–H and O–H groups in total. The first-order chi connectivity index (χ1) is 10.2. The van der Waals surface area contributed by atoms with E-state index >= 15 is 0 Å². The molecule has 0 saturated carbocycles. The maximum Gasteiger partial charge on any atom is 0.147 e. The number of fused-ring (bicyclic) bond motifs is 1. The summed E-state index contributed by atoms with van der Waals surface area (Å²) in [5.74, 6) is -0.0575. The highest BCUT2D eigenvalue weighted by atomic mass is 79.9. The molecule has 1 aromatic heterocycles. The van der Waals surface area contributed by atoms with Gasteiger partial charge in [0, 0.05) is 6.54 Å². The van der Waals surface area contributed by atoms with Crippen molar-refractivity contribution in [3.8, 4) is 0 Å². The largest absolute Gasteiger partial charge is 0.386 e. The fourth-order valence-corrected chi connectivity index (χ4v) is 6.37. The normalized spacial score (nSPS) is 37.9. The van der Waals surface area contributed by atoms with E-state index in [1.165, 1.54) is 12.1 Å². The zero-order valence-corrected chi connectivity index (χ0v) is 14.9. The van der Waals surface area contributed by atoms with Gasteiger partial charge in [-0.3, -0.25) is 4.99 Å². The highest BCUT2D eigenvalue weighted by molar-refractivity contribution is 9.10. The predicted molar refractivity (Wildman–Crippen MR) is 88.8 cm³/mol. The molecule has 22 heavy (non-hydrogen) atoms. The molecule has 0 fully saturated rings. The zero-order chi connectivity index (χ0) is 16.2.